The van der Waals surface area contributed by atoms with E-state index in [1.54, 1.807) is 7.11 Å². The maximum Gasteiger partial charge on any atom is 0.159 e. The Bertz CT molecular complexity index is 613. The van der Waals surface area contributed by atoms with Gasteiger partial charge in [-0.1, -0.05) is 23.8 Å². The first kappa shape index (κ1) is 14.8. The zero-order valence-electron chi connectivity index (χ0n) is 11.3. The summed E-state index contributed by atoms with van der Waals surface area (Å²) in [7, 11) is 1.58. The van der Waals surface area contributed by atoms with Crippen molar-refractivity contribution >= 4 is 11.6 Å². The summed E-state index contributed by atoms with van der Waals surface area (Å²) in [6, 6.07) is 9.55. The molecule has 0 spiro atoms. The summed E-state index contributed by atoms with van der Waals surface area (Å²) in [5, 5.41) is -0.366. The Kier molecular flexibility index (Phi) is 4.61. The highest BCUT2D eigenvalue weighted by atomic mass is 35.5. The van der Waals surface area contributed by atoms with E-state index < -0.39 is 11.6 Å². The Hall–Kier alpha value is -1.61. The average Bonchev–Trinajstić information content (AvgIpc) is 2.43. The molecule has 0 heterocycles. The van der Waals surface area contributed by atoms with Crippen LogP contribution in [0.5, 0.6) is 5.75 Å². The number of aryl methyl sites for hydroxylation is 1. The third kappa shape index (κ3) is 3.28. The van der Waals surface area contributed by atoms with E-state index in [4.69, 9.17) is 16.3 Å². The normalized spacial score (nSPS) is 12.2. The van der Waals surface area contributed by atoms with E-state index in [9.17, 15) is 8.78 Å². The van der Waals surface area contributed by atoms with Crippen LogP contribution in [0.15, 0.2) is 36.4 Å². The van der Waals surface area contributed by atoms with Crippen LogP contribution < -0.4 is 4.74 Å². The van der Waals surface area contributed by atoms with Crippen molar-refractivity contribution < 1.29 is 13.5 Å². The van der Waals surface area contributed by atoms with E-state index in [2.05, 4.69) is 0 Å². The van der Waals surface area contributed by atoms with Gasteiger partial charge in [-0.3, -0.25) is 0 Å². The van der Waals surface area contributed by atoms with Gasteiger partial charge in [-0.2, -0.15) is 0 Å². The maximum absolute atomic E-state index is 13.2. The highest BCUT2D eigenvalue weighted by Crippen LogP contribution is 2.33. The fraction of sp³-hybridized carbons (Fsp3) is 0.250. The first-order valence-corrected chi connectivity index (χ1v) is 6.67. The van der Waals surface area contributed by atoms with Gasteiger partial charge >= 0.3 is 0 Å². The number of hydrogen-bond acceptors (Lipinski definition) is 1. The van der Waals surface area contributed by atoms with Crippen LogP contribution in [-0.4, -0.2) is 7.11 Å². The van der Waals surface area contributed by atoms with Crippen molar-refractivity contribution in [2.75, 3.05) is 7.11 Å². The molecular formula is C16H15ClF2O. The SMILES string of the molecule is COc1ccc(C)cc1C(Cl)Cc1ccc(F)c(F)c1. The minimum Gasteiger partial charge on any atom is -0.496 e. The lowest BCUT2D eigenvalue weighted by molar-refractivity contribution is 0.409. The second-order valence-corrected chi connectivity index (χ2v) is 5.19. The molecule has 2 rings (SSSR count). The largest absolute Gasteiger partial charge is 0.496 e. The molecule has 0 aliphatic rings. The van der Waals surface area contributed by atoms with Gasteiger partial charge in [0.15, 0.2) is 11.6 Å². The Morgan fingerprint density at radius 2 is 1.85 bits per heavy atom. The second-order valence-electron chi connectivity index (χ2n) is 4.67. The van der Waals surface area contributed by atoms with Crippen LogP contribution >= 0.6 is 11.6 Å². The number of benzene rings is 2. The Balaban J connectivity index is 2.25. The van der Waals surface area contributed by atoms with Gasteiger partial charge in [-0.15, -0.1) is 11.6 Å². The summed E-state index contributed by atoms with van der Waals surface area (Å²) in [6.07, 6.45) is 0.401. The molecule has 0 N–H and O–H groups in total. The molecule has 0 aliphatic heterocycles. The number of methoxy groups -OCH3 is 1. The molecule has 0 aromatic heterocycles. The number of hydrogen-bond donors (Lipinski definition) is 0. The highest BCUT2D eigenvalue weighted by Gasteiger charge is 2.15. The molecule has 1 nitrogen and oxygen atoms in total. The fourth-order valence-electron chi connectivity index (χ4n) is 2.08. The Labute approximate surface area is 122 Å². The molecule has 0 radical (unpaired) electrons. The molecule has 0 aliphatic carbocycles. The van der Waals surface area contributed by atoms with Gasteiger partial charge in [0.05, 0.1) is 12.5 Å². The molecule has 0 saturated carbocycles. The highest BCUT2D eigenvalue weighted by molar-refractivity contribution is 6.21. The maximum atomic E-state index is 13.2. The zero-order chi connectivity index (χ0) is 14.7. The summed E-state index contributed by atoms with van der Waals surface area (Å²) >= 11 is 6.39. The minimum absolute atomic E-state index is 0.366. The lowest BCUT2D eigenvalue weighted by atomic mass is 10.0. The van der Waals surface area contributed by atoms with Crippen LogP contribution in [0.4, 0.5) is 8.78 Å². The molecular weight excluding hydrogens is 282 g/mol. The summed E-state index contributed by atoms with van der Waals surface area (Å²) in [5.74, 6) is -1.02. The predicted octanol–water partition coefficient (Wildman–Crippen LogP) is 4.80. The first-order valence-electron chi connectivity index (χ1n) is 6.24. The van der Waals surface area contributed by atoms with E-state index >= 15 is 0 Å². The minimum atomic E-state index is -0.859. The van der Waals surface area contributed by atoms with Gasteiger partial charge in [0, 0.05) is 5.56 Å². The van der Waals surface area contributed by atoms with Crippen LogP contribution in [0.1, 0.15) is 22.1 Å². The molecule has 0 amide bonds. The quantitative estimate of drug-likeness (QED) is 0.736. The van der Waals surface area contributed by atoms with Gasteiger partial charge < -0.3 is 4.74 Å². The van der Waals surface area contributed by atoms with Crippen molar-refractivity contribution in [3.63, 3.8) is 0 Å². The third-order valence-corrected chi connectivity index (χ3v) is 3.51. The molecule has 106 valence electrons. The van der Waals surface area contributed by atoms with Crippen LogP contribution in [0.25, 0.3) is 0 Å². The lowest BCUT2D eigenvalue weighted by Gasteiger charge is -2.15. The fourth-order valence-corrected chi connectivity index (χ4v) is 2.43. The summed E-state index contributed by atoms with van der Waals surface area (Å²) in [4.78, 5) is 0. The molecule has 2 aromatic carbocycles. The van der Waals surface area contributed by atoms with E-state index in [-0.39, 0.29) is 5.38 Å². The second kappa shape index (κ2) is 6.23. The average molecular weight is 297 g/mol. The summed E-state index contributed by atoms with van der Waals surface area (Å²) in [5.41, 5.74) is 2.56. The van der Waals surface area contributed by atoms with Crippen LogP contribution in [-0.2, 0) is 6.42 Å². The topological polar surface area (TPSA) is 9.23 Å². The molecule has 0 bridgehead atoms. The Morgan fingerprint density at radius 3 is 2.50 bits per heavy atom. The van der Waals surface area contributed by atoms with E-state index in [1.807, 2.05) is 25.1 Å². The molecule has 1 unspecified atom stereocenters. The van der Waals surface area contributed by atoms with Gasteiger partial charge in [0.1, 0.15) is 5.75 Å². The number of rotatable bonds is 4. The van der Waals surface area contributed by atoms with E-state index in [1.165, 1.54) is 12.1 Å². The van der Waals surface area contributed by atoms with Crippen molar-refractivity contribution in [3.8, 4) is 5.75 Å². The van der Waals surface area contributed by atoms with Gasteiger partial charge in [0.2, 0.25) is 0 Å². The molecule has 4 heteroatoms. The third-order valence-electron chi connectivity index (χ3n) is 3.12. The zero-order valence-corrected chi connectivity index (χ0v) is 12.0. The lowest BCUT2D eigenvalue weighted by Crippen LogP contribution is -2.00. The number of ether oxygens (including phenoxy) is 1. The van der Waals surface area contributed by atoms with Crippen molar-refractivity contribution in [2.24, 2.45) is 0 Å². The van der Waals surface area contributed by atoms with Crippen molar-refractivity contribution in [3.05, 3.63) is 64.7 Å². The molecule has 1 atom stereocenters. The number of halogens is 3. The summed E-state index contributed by atoms with van der Waals surface area (Å²) < 4.78 is 31.4. The summed E-state index contributed by atoms with van der Waals surface area (Å²) in [6.45, 7) is 1.96. The van der Waals surface area contributed by atoms with Crippen LogP contribution in [0.3, 0.4) is 0 Å². The van der Waals surface area contributed by atoms with Crippen molar-refractivity contribution in [1.29, 1.82) is 0 Å². The standard InChI is InChI=1S/C16H15ClF2O/c1-10-3-6-16(20-2)12(7-10)13(17)8-11-4-5-14(18)15(19)9-11/h3-7,9,13H,8H2,1-2H3. The first-order chi connectivity index (χ1) is 9.51. The van der Waals surface area contributed by atoms with Crippen molar-refractivity contribution in [2.45, 2.75) is 18.7 Å². The van der Waals surface area contributed by atoms with Crippen molar-refractivity contribution in [1.82, 2.24) is 0 Å². The van der Waals surface area contributed by atoms with E-state index in [0.717, 1.165) is 17.2 Å². The molecule has 0 saturated heterocycles. The molecule has 20 heavy (non-hydrogen) atoms. The van der Waals surface area contributed by atoms with Gasteiger partial charge in [0.25, 0.3) is 0 Å². The van der Waals surface area contributed by atoms with Crippen LogP contribution in [0.2, 0.25) is 0 Å². The van der Waals surface area contributed by atoms with E-state index in [0.29, 0.717) is 17.7 Å². The molecule has 2 aromatic rings. The smallest absolute Gasteiger partial charge is 0.159 e. The predicted molar refractivity (Wildman–Crippen MR) is 76.4 cm³/mol. The monoisotopic (exact) mass is 296 g/mol. The van der Waals surface area contributed by atoms with Gasteiger partial charge in [-0.25, -0.2) is 8.78 Å². The van der Waals surface area contributed by atoms with Crippen LogP contribution in [0, 0.1) is 18.6 Å². The number of alkyl halides is 1. The molecule has 0 fully saturated rings. The van der Waals surface area contributed by atoms with Gasteiger partial charge in [-0.05, 0) is 37.1 Å². The Morgan fingerprint density at radius 1 is 1.10 bits per heavy atom.